The van der Waals surface area contributed by atoms with Crippen LogP contribution < -0.4 is 16.0 Å². The number of benzene rings is 2. The average Bonchev–Trinajstić information content (AvgIpc) is 3.12. The number of carbonyl (C=O) groups is 3. The van der Waals surface area contributed by atoms with Crippen molar-refractivity contribution < 1.29 is 28.3 Å². The Balaban J connectivity index is 1.44. The maximum Gasteiger partial charge on any atom is 0.351 e. The summed E-state index contributed by atoms with van der Waals surface area (Å²) in [5.41, 5.74) is 1.42. The highest BCUT2D eigenvalue weighted by Gasteiger charge is 2.42. The number of fused-ring (bicyclic) bond motifs is 1. The van der Waals surface area contributed by atoms with Crippen LogP contribution in [-0.4, -0.2) is 47.0 Å². The number of hydrogen-bond donors (Lipinski definition) is 4. The summed E-state index contributed by atoms with van der Waals surface area (Å²) in [6, 6.07) is 10.0. The molecule has 2 aliphatic rings. The van der Waals surface area contributed by atoms with Gasteiger partial charge in [-0.2, -0.15) is 8.78 Å². The van der Waals surface area contributed by atoms with E-state index in [9.17, 15) is 28.3 Å². The van der Waals surface area contributed by atoms with E-state index in [1.165, 1.54) is 30.1 Å². The number of anilines is 1. The summed E-state index contributed by atoms with van der Waals surface area (Å²) in [5.74, 6) is -5.69. The van der Waals surface area contributed by atoms with E-state index in [1.54, 1.807) is 24.3 Å². The fraction of sp³-hybridized carbons (Fsp3) is 0.348. The highest BCUT2D eigenvalue weighted by molar-refractivity contribution is 5.98. The normalized spacial score (nSPS) is 20.3. The number of nitrogens with one attached hydrogen (secondary N) is 3. The number of nitrogens with zero attached hydrogens (tertiary/aromatic N) is 1. The lowest BCUT2D eigenvalue weighted by Crippen LogP contribution is -2.55. The van der Waals surface area contributed by atoms with Crippen LogP contribution in [0, 0.1) is 0 Å². The number of amides is 3. The Bertz CT molecular complexity index is 1110. The van der Waals surface area contributed by atoms with Crippen LogP contribution in [0.2, 0.25) is 0 Å². The van der Waals surface area contributed by atoms with Crippen molar-refractivity contribution >= 4 is 23.4 Å². The van der Waals surface area contributed by atoms with Gasteiger partial charge in [0.05, 0.1) is 11.6 Å². The molecule has 2 unspecified atom stereocenters. The first kappa shape index (κ1) is 22.7. The minimum absolute atomic E-state index is 0.139. The van der Waals surface area contributed by atoms with E-state index in [4.69, 9.17) is 0 Å². The molecule has 1 saturated heterocycles. The molecule has 4 N–H and O–H groups in total. The molecule has 0 saturated carbocycles. The van der Waals surface area contributed by atoms with E-state index in [-0.39, 0.29) is 37.0 Å². The third kappa shape index (κ3) is 4.25. The standard InChI is InChI=1S/C23H24F2N4O4/c1-26-17-5-3-2-4-16(17)23(24,25)22(33)27-11-13-6-7-15-14(10-13)12-29(21(15)32)18-8-9-19(30)28-20(18)31/h2-7,10,18,20,26,31H,8-9,11-12H2,1H3,(H,27,33)(H,28,30). The van der Waals surface area contributed by atoms with Crippen molar-refractivity contribution in [3.8, 4) is 0 Å². The summed E-state index contributed by atoms with van der Waals surface area (Å²) >= 11 is 0. The SMILES string of the molecule is CNc1ccccc1C(F)(F)C(=O)NCc1ccc2c(c1)CN(C1CCC(=O)NC1O)C2=O. The fourth-order valence-corrected chi connectivity index (χ4v) is 4.26. The summed E-state index contributed by atoms with van der Waals surface area (Å²) in [4.78, 5) is 38.0. The number of carbonyl (C=O) groups excluding carboxylic acids is 3. The lowest BCUT2D eigenvalue weighted by atomic mass is 10.0. The topological polar surface area (TPSA) is 111 Å². The Morgan fingerprint density at radius 2 is 2.00 bits per heavy atom. The van der Waals surface area contributed by atoms with Gasteiger partial charge in [0, 0.05) is 37.8 Å². The fourth-order valence-electron chi connectivity index (χ4n) is 4.26. The van der Waals surface area contributed by atoms with Crippen molar-refractivity contribution in [2.24, 2.45) is 0 Å². The number of aliphatic hydroxyl groups is 1. The van der Waals surface area contributed by atoms with Crippen molar-refractivity contribution in [2.45, 2.75) is 44.1 Å². The quantitative estimate of drug-likeness (QED) is 0.527. The number of para-hydroxylation sites is 1. The number of alkyl halides is 2. The van der Waals surface area contributed by atoms with Gasteiger partial charge in [0.1, 0.15) is 6.23 Å². The highest BCUT2D eigenvalue weighted by Crippen LogP contribution is 2.34. The van der Waals surface area contributed by atoms with Crippen LogP contribution >= 0.6 is 0 Å². The number of rotatable bonds is 6. The monoisotopic (exact) mass is 458 g/mol. The van der Waals surface area contributed by atoms with Gasteiger partial charge in [0.15, 0.2) is 0 Å². The van der Waals surface area contributed by atoms with Crippen LogP contribution in [0.1, 0.15) is 39.9 Å². The van der Waals surface area contributed by atoms with Crippen LogP contribution in [-0.2, 0) is 28.6 Å². The Hall–Kier alpha value is -3.53. The zero-order chi connectivity index (χ0) is 23.8. The average molecular weight is 458 g/mol. The summed E-state index contributed by atoms with van der Waals surface area (Å²) in [7, 11) is 1.50. The molecule has 2 atom stereocenters. The van der Waals surface area contributed by atoms with E-state index in [0.29, 0.717) is 23.1 Å². The molecule has 174 valence electrons. The predicted molar refractivity (Wildman–Crippen MR) is 115 cm³/mol. The molecular weight excluding hydrogens is 434 g/mol. The molecular formula is C23H24F2N4O4. The molecule has 1 fully saturated rings. The second kappa shape index (κ2) is 8.78. The van der Waals surface area contributed by atoms with Crippen molar-refractivity contribution in [3.63, 3.8) is 0 Å². The van der Waals surface area contributed by atoms with Gasteiger partial charge in [0.25, 0.3) is 11.8 Å². The van der Waals surface area contributed by atoms with Crippen molar-refractivity contribution in [2.75, 3.05) is 12.4 Å². The van der Waals surface area contributed by atoms with Crippen molar-refractivity contribution in [3.05, 3.63) is 64.7 Å². The van der Waals surface area contributed by atoms with Gasteiger partial charge in [0.2, 0.25) is 5.91 Å². The predicted octanol–water partition coefficient (Wildman–Crippen LogP) is 1.69. The Morgan fingerprint density at radius 1 is 1.24 bits per heavy atom. The minimum atomic E-state index is -3.73. The third-order valence-electron chi connectivity index (χ3n) is 6.02. The Kier molecular flexibility index (Phi) is 6.03. The molecule has 2 aliphatic heterocycles. The highest BCUT2D eigenvalue weighted by atomic mass is 19.3. The first-order chi connectivity index (χ1) is 15.7. The minimum Gasteiger partial charge on any atom is -0.388 e. The van der Waals surface area contributed by atoms with E-state index in [1.807, 2.05) is 0 Å². The molecule has 2 aromatic rings. The van der Waals surface area contributed by atoms with Gasteiger partial charge >= 0.3 is 5.92 Å². The van der Waals surface area contributed by atoms with Gasteiger partial charge in [-0.1, -0.05) is 30.3 Å². The van der Waals surface area contributed by atoms with Crippen LogP contribution in [0.4, 0.5) is 14.5 Å². The third-order valence-corrected chi connectivity index (χ3v) is 6.02. The largest absolute Gasteiger partial charge is 0.388 e. The van der Waals surface area contributed by atoms with Crippen LogP contribution in [0.15, 0.2) is 42.5 Å². The maximum atomic E-state index is 14.7. The molecule has 3 amide bonds. The van der Waals surface area contributed by atoms with E-state index in [0.717, 1.165) is 0 Å². The summed E-state index contributed by atoms with van der Waals surface area (Å²) < 4.78 is 29.5. The van der Waals surface area contributed by atoms with E-state index < -0.39 is 29.7 Å². The molecule has 33 heavy (non-hydrogen) atoms. The van der Waals surface area contributed by atoms with Crippen molar-refractivity contribution in [1.82, 2.24) is 15.5 Å². The lowest BCUT2D eigenvalue weighted by Gasteiger charge is -2.35. The lowest BCUT2D eigenvalue weighted by molar-refractivity contribution is -0.147. The molecule has 10 heteroatoms. The van der Waals surface area contributed by atoms with E-state index in [2.05, 4.69) is 16.0 Å². The number of aliphatic hydroxyl groups excluding tert-OH is 1. The summed E-state index contributed by atoms with van der Waals surface area (Å²) in [6.45, 7) is 0.0823. The summed E-state index contributed by atoms with van der Waals surface area (Å²) in [6.07, 6.45) is -0.589. The van der Waals surface area contributed by atoms with Crippen molar-refractivity contribution in [1.29, 1.82) is 0 Å². The molecule has 0 bridgehead atoms. The number of piperidine rings is 1. The molecule has 0 aromatic heterocycles. The molecule has 2 aromatic carbocycles. The van der Waals surface area contributed by atoms with Gasteiger partial charge in [-0.3, -0.25) is 14.4 Å². The van der Waals surface area contributed by atoms with Crippen LogP contribution in [0.3, 0.4) is 0 Å². The van der Waals surface area contributed by atoms with Crippen LogP contribution in [0.5, 0.6) is 0 Å². The van der Waals surface area contributed by atoms with Gasteiger partial charge < -0.3 is 26.0 Å². The molecule has 4 rings (SSSR count). The molecule has 0 spiro atoms. The van der Waals surface area contributed by atoms with Gasteiger partial charge in [-0.05, 0) is 29.7 Å². The zero-order valence-corrected chi connectivity index (χ0v) is 17.9. The second-order valence-corrected chi connectivity index (χ2v) is 8.10. The Labute approximate surface area is 189 Å². The maximum absolute atomic E-state index is 14.7. The second-order valence-electron chi connectivity index (χ2n) is 8.10. The van der Waals surface area contributed by atoms with Gasteiger partial charge in [-0.25, -0.2) is 0 Å². The first-order valence-corrected chi connectivity index (χ1v) is 10.6. The number of halogens is 2. The summed E-state index contributed by atoms with van der Waals surface area (Å²) in [5, 5.41) is 17.5. The van der Waals surface area contributed by atoms with Gasteiger partial charge in [-0.15, -0.1) is 0 Å². The molecule has 0 radical (unpaired) electrons. The number of hydrogen-bond acceptors (Lipinski definition) is 5. The smallest absolute Gasteiger partial charge is 0.351 e. The van der Waals surface area contributed by atoms with Crippen LogP contribution in [0.25, 0.3) is 0 Å². The van der Waals surface area contributed by atoms with E-state index >= 15 is 0 Å². The zero-order valence-electron chi connectivity index (χ0n) is 17.9. The molecule has 8 nitrogen and oxygen atoms in total. The molecule has 0 aliphatic carbocycles. The molecule has 2 heterocycles. The first-order valence-electron chi connectivity index (χ1n) is 10.6. The Morgan fingerprint density at radius 3 is 2.73 bits per heavy atom.